The molecule has 2 rings (SSSR count). The number of carboxylic acids is 1. The third-order valence-electron chi connectivity index (χ3n) is 2.93. The van der Waals surface area contributed by atoms with Crippen molar-refractivity contribution in [3.05, 3.63) is 69.7 Å². The SMILES string of the molecule is O=C(O)Cc1ccc(CNCc2cccc(Br)c2)cc1. The van der Waals surface area contributed by atoms with Gasteiger partial charge in [-0.3, -0.25) is 4.79 Å². The number of hydrogen-bond acceptors (Lipinski definition) is 2. The maximum Gasteiger partial charge on any atom is 0.307 e. The highest BCUT2D eigenvalue weighted by Crippen LogP contribution is 2.11. The fourth-order valence-electron chi connectivity index (χ4n) is 1.95. The molecule has 0 saturated carbocycles. The molecule has 0 aliphatic heterocycles. The number of aliphatic carboxylic acids is 1. The first-order chi connectivity index (χ1) is 9.63. The molecule has 104 valence electrons. The van der Waals surface area contributed by atoms with Crippen LogP contribution in [0.2, 0.25) is 0 Å². The lowest BCUT2D eigenvalue weighted by Crippen LogP contribution is -2.12. The molecule has 0 bridgehead atoms. The molecule has 0 atom stereocenters. The van der Waals surface area contributed by atoms with Gasteiger partial charge in [0.05, 0.1) is 6.42 Å². The summed E-state index contributed by atoms with van der Waals surface area (Å²) in [6.07, 6.45) is 0.0751. The molecule has 0 radical (unpaired) electrons. The van der Waals surface area contributed by atoms with Gasteiger partial charge < -0.3 is 10.4 Å². The standard InChI is InChI=1S/C16H16BrNO2/c17-15-3-1-2-14(8-15)11-18-10-13-6-4-12(5-7-13)9-16(19)20/h1-8,18H,9-11H2,(H,19,20). The summed E-state index contributed by atoms with van der Waals surface area (Å²) >= 11 is 3.45. The molecule has 0 fully saturated rings. The van der Waals surface area contributed by atoms with Crippen LogP contribution in [0.15, 0.2) is 53.0 Å². The summed E-state index contributed by atoms with van der Waals surface area (Å²) in [6, 6.07) is 15.8. The van der Waals surface area contributed by atoms with Gasteiger partial charge in [0.1, 0.15) is 0 Å². The minimum Gasteiger partial charge on any atom is -0.481 e. The fourth-order valence-corrected chi connectivity index (χ4v) is 2.39. The van der Waals surface area contributed by atoms with Gasteiger partial charge in [0.2, 0.25) is 0 Å². The van der Waals surface area contributed by atoms with Gasteiger partial charge in [-0.15, -0.1) is 0 Å². The summed E-state index contributed by atoms with van der Waals surface area (Å²) in [7, 11) is 0. The highest BCUT2D eigenvalue weighted by atomic mass is 79.9. The first kappa shape index (κ1) is 14.8. The van der Waals surface area contributed by atoms with E-state index in [9.17, 15) is 4.79 Å². The number of hydrogen-bond donors (Lipinski definition) is 2. The van der Waals surface area contributed by atoms with Gasteiger partial charge in [-0.2, -0.15) is 0 Å². The van der Waals surface area contributed by atoms with Crippen LogP contribution in [-0.2, 0) is 24.3 Å². The predicted octanol–water partition coefficient (Wildman–Crippen LogP) is 3.37. The van der Waals surface area contributed by atoms with Crippen molar-refractivity contribution in [3.63, 3.8) is 0 Å². The van der Waals surface area contributed by atoms with Crippen LogP contribution in [0.1, 0.15) is 16.7 Å². The molecule has 2 aromatic rings. The second-order valence-electron chi connectivity index (χ2n) is 4.62. The van der Waals surface area contributed by atoms with Gasteiger partial charge in [0.25, 0.3) is 0 Å². The number of halogens is 1. The average Bonchev–Trinajstić information content (AvgIpc) is 2.40. The zero-order chi connectivity index (χ0) is 14.4. The molecule has 0 spiro atoms. The number of carbonyl (C=O) groups is 1. The van der Waals surface area contributed by atoms with Gasteiger partial charge in [-0.05, 0) is 28.8 Å². The molecule has 2 N–H and O–H groups in total. The molecule has 0 heterocycles. The maximum atomic E-state index is 10.6. The summed E-state index contributed by atoms with van der Waals surface area (Å²) in [6.45, 7) is 1.57. The summed E-state index contributed by atoms with van der Waals surface area (Å²) < 4.78 is 1.08. The summed E-state index contributed by atoms with van der Waals surface area (Å²) in [4.78, 5) is 10.6. The molecule has 0 aliphatic rings. The molecule has 0 aromatic heterocycles. The first-order valence-electron chi connectivity index (χ1n) is 6.38. The lowest BCUT2D eigenvalue weighted by molar-refractivity contribution is -0.136. The zero-order valence-electron chi connectivity index (χ0n) is 11.0. The van der Waals surface area contributed by atoms with Gasteiger partial charge in [-0.25, -0.2) is 0 Å². The summed E-state index contributed by atoms with van der Waals surface area (Å²) in [5.74, 6) is -0.800. The Balaban J connectivity index is 1.83. The Kier molecular flexibility index (Phi) is 5.32. The van der Waals surface area contributed by atoms with Crippen molar-refractivity contribution >= 4 is 21.9 Å². The van der Waals surface area contributed by atoms with Crippen LogP contribution in [0.3, 0.4) is 0 Å². The lowest BCUT2D eigenvalue weighted by Gasteiger charge is -2.06. The second kappa shape index (κ2) is 7.22. The molecule has 3 nitrogen and oxygen atoms in total. The van der Waals surface area contributed by atoms with Crippen LogP contribution < -0.4 is 5.32 Å². The molecule has 0 aliphatic carbocycles. The summed E-state index contributed by atoms with van der Waals surface area (Å²) in [5, 5.41) is 12.1. The molecule has 20 heavy (non-hydrogen) atoms. The van der Waals surface area contributed by atoms with Crippen molar-refractivity contribution in [2.75, 3.05) is 0 Å². The van der Waals surface area contributed by atoms with E-state index in [1.165, 1.54) is 5.56 Å². The Morgan fingerprint density at radius 2 is 1.65 bits per heavy atom. The normalized spacial score (nSPS) is 10.4. The van der Waals surface area contributed by atoms with E-state index in [0.717, 1.165) is 28.7 Å². The van der Waals surface area contributed by atoms with Gasteiger partial charge in [0, 0.05) is 17.6 Å². The predicted molar refractivity (Wildman–Crippen MR) is 82.5 cm³/mol. The largest absolute Gasteiger partial charge is 0.481 e. The van der Waals surface area contributed by atoms with Crippen LogP contribution in [0.25, 0.3) is 0 Å². The Bertz CT molecular complexity index is 581. The van der Waals surface area contributed by atoms with Crippen molar-refractivity contribution in [1.29, 1.82) is 0 Å². The van der Waals surface area contributed by atoms with E-state index in [-0.39, 0.29) is 6.42 Å². The Hall–Kier alpha value is -1.65. The monoisotopic (exact) mass is 333 g/mol. The van der Waals surface area contributed by atoms with E-state index < -0.39 is 5.97 Å². The van der Waals surface area contributed by atoms with Crippen molar-refractivity contribution in [2.24, 2.45) is 0 Å². The first-order valence-corrected chi connectivity index (χ1v) is 7.17. The van der Waals surface area contributed by atoms with E-state index in [2.05, 4.69) is 33.4 Å². The van der Waals surface area contributed by atoms with E-state index in [1.807, 2.05) is 36.4 Å². The van der Waals surface area contributed by atoms with Crippen molar-refractivity contribution in [1.82, 2.24) is 5.32 Å². The van der Waals surface area contributed by atoms with E-state index >= 15 is 0 Å². The minimum atomic E-state index is -0.800. The van der Waals surface area contributed by atoms with Crippen LogP contribution in [0, 0.1) is 0 Å². The van der Waals surface area contributed by atoms with Crippen LogP contribution in [-0.4, -0.2) is 11.1 Å². The third kappa shape index (κ3) is 4.79. The topological polar surface area (TPSA) is 49.3 Å². The molecular formula is C16H16BrNO2. The number of benzene rings is 2. The van der Waals surface area contributed by atoms with E-state index in [4.69, 9.17) is 5.11 Å². The second-order valence-corrected chi connectivity index (χ2v) is 5.54. The molecule has 2 aromatic carbocycles. The third-order valence-corrected chi connectivity index (χ3v) is 3.42. The quantitative estimate of drug-likeness (QED) is 0.852. The zero-order valence-corrected chi connectivity index (χ0v) is 12.6. The summed E-state index contributed by atoms with van der Waals surface area (Å²) in [5.41, 5.74) is 3.20. The van der Waals surface area contributed by atoms with Crippen LogP contribution >= 0.6 is 15.9 Å². The van der Waals surface area contributed by atoms with Gasteiger partial charge >= 0.3 is 5.97 Å². The highest BCUT2D eigenvalue weighted by Gasteiger charge is 2.00. The number of nitrogens with one attached hydrogen (secondary N) is 1. The van der Waals surface area contributed by atoms with Crippen LogP contribution in [0.4, 0.5) is 0 Å². The smallest absolute Gasteiger partial charge is 0.307 e. The van der Waals surface area contributed by atoms with Crippen LogP contribution in [0.5, 0.6) is 0 Å². The molecule has 0 saturated heterocycles. The van der Waals surface area contributed by atoms with Crippen molar-refractivity contribution in [2.45, 2.75) is 19.5 Å². The maximum absolute atomic E-state index is 10.6. The molecular weight excluding hydrogens is 318 g/mol. The van der Waals surface area contributed by atoms with Gasteiger partial charge in [-0.1, -0.05) is 52.3 Å². The fraction of sp³-hybridized carbons (Fsp3) is 0.188. The minimum absolute atomic E-state index is 0.0751. The van der Waals surface area contributed by atoms with Crippen molar-refractivity contribution < 1.29 is 9.90 Å². The molecule has 0 unspecified atom stereocenters. The Morgan fingerprint density at radius 1 is 1.00 bits per heavy atom. The van der Waals surface area contributed by atoms with E-state index in [1.54, 1.807) is 0 Å². The lowest BCUT2D eigenvalue weighted by atomic mass is 10.1. The molecule has 0 amide bonds. The Morgan fingerprint density at radius 3 is 2.30 bits per heavy atom. The number of carboxylic acid groups (broad SMARTS) is 1. The Labute approximate surface area is 126 Å². The van der Waals surface area contributed by atoms with Gasteiger partial charge in [0.15, 0.2) is 0 Å². The average molecular weight is 334 g/mol. The molecule has 4 heteroatoms. The number of rotatable bonds is 6. The van der Waals surface area contributed by atoms with E-state index in [0.29, 0.717) is 0 Å². The highest BCUT2D eigenvalue weighted by molar-refractivity contribution is 9.10. The van der Waals surface area contributed by atoms with Crippen molar-refractivity contribution in [3.8, 4) is 0 Å².